The van der Waals surface area contributed by atoms with Gasteiger partial charge in [0, 0.05) is 11.4 Å². The normalized spacial score (nSPS) is 10.3. The zero-order valence-corrected chi connectivity index (χ0v) is 15.3. The van der Waals surface area contributed by atoms with Crippen molar-refractivity contribution in [2.24, 2.45) is 0 Å². The van der Waals surface area contributed by atoms with Crippen LogP contribution in [0.5, 0.6) is 0 Å². The Morgan fingerprint density at radius 3 is 2.30 bits per heavy atom. The molecule has 1 heterocycles. The first kappa shape index (κ1) is 18.3. The van der Waals surface area contributed by atoms with Crippen LogP contribution in [0.1, 0.15) is 29.8 Å². The van der Waals surface area contributed by atoms with Crippen LogP contribution in [0.3, 0.4) is 0 Å². The maximum atomic E-state index is 11.7. The second-order valence-electron chi connectivity index (χ2n) is 5.76. The predicted molar refractivity (Wildman–Crippen MR) is 105 cm³/mol. The summed E-state index contributed by atoms with van der Waals surface area (Å²) in [5.74, 6) is 0.594. The van der Waals surface area contributed by atoms with Gasteiger partial charge in [0.2, 0.25) is 5.95 Å². The Labute approximate surface area is 157 Å². The first-order valence-corrected chi connectivity index (χ1v) is 8.78. The molecule has 0 aliphatic carbocycles. The number of carbonyl (C=O) groups excluding carboxylic acids is 1. The summed E-state index contributed by atoms with van der Waals surface area (Å²) in [5.41, 5.74) is 3.44. The van der Waals surface area contributed by atoms with Gasteiger partial charge in [-0.3, -0.25) is 0 Å². The Balaban J connectivity index is 1.67. The van der Waals surface area contributed by atoms with Gasteiger partial charge in [0.15, 0.2) is 5.82 Å². The molecule has 3 aromatic rings. The molecule has 0 unspecified atom stereocenters. The average molecular weight is 363 g/mol. The van der Waals surface area contributed by atoms with Gasteiger partial charge in [-0.2, -0.15) is 10.1 Å². The number of nitrogens with zero attached hydrogens (tertiary/aromatic N) is 3. The molecule has 0 atom stereocenters. The number of hydrogen-bond acceptors (Lipinski definition) is 7. The summed E-state index contributed by atoms with van der Waals surface area (Å²) in [5, 5.41) is 14.2. The molecule has 0 saturated heterocycles. The van der Waals surface area contributed by atoms with E-state index >= 15 is 0 Å². The maximum Gasteiger partial charge on any atom is 0.338 e. The third-order valence-electron chi connectivity index (χ3n) is 3.85. The molecule has 138 valence electrons. The Morgan fingerprint density at radius 2 is 1.63 bits per heavy atom. The Bertz CT molecular complexity index is 895. The molecule has 0 aliphatic rings. The van der Waals surface area contributed by atoms with E-state index in [0.717, 1.165) is 17.8 Å². The van der Waals surface area contributed by atoms with Gasteiger partial charge < -0.3 is 15.4 Å². The Hall–Kier alpha value is -3.48. The summed E-state index contributed by atoms with van der Waals surface area (Å²) in [7, 11) is 0. The molecule has 3 rings (SSSR count). The molecular formula is C20H21N5O2. The van der Waals surface area contributed by atoms with Crippen LogP contribution in [0.2, 0.25) is 0 Å². The van der Waals surface area contributed by atoms with Crippen LogP contribution in [0.25, 0.3) is 0 Å². The van der Waals surface area contributed by atoms with Crippen molar-refractivity contribution in [3.05, 3.63) is 65.9 Å². The van der Waals surface area contributed by atoms with Crippen molar-refractivity contribution in [3.8, 4) is 0 Å². The van der Waals surface area contributed by atoms with Gasteiger partial charge in [-0.05, 0) is 55.3 Å². The largest absolute Gasteiger partial charge is 0.462 e. The fourth-order valence-corrected chi connectivity index (χ4v) is 2.42. The molecule has 0 amide bonds. The van der Waals surface area contributed by atoms with Gasteiger partial charge in [0.1, 0.15) is 0 Å². The number of ether oxygens (including phenoxy) is 1. The highest BCUT2D eigenvalue weighted by atomic mass is 16.5. The van der Waals surface area contributed by atoms with Crippen molar-refractivity contribution < 1.29 is 9.53 Å². The smallest absolute Gasteiger partial charge is 0.338 e. The second-order valence-corrected chi connectivity index (χ2v) is 5.76. The maximum absolute atomic E-state index is 11.7. The number of aryl methyl sites for hydroxylation is 1. The first-order chi connectivity index (χ1) is 13.2. The molecule has 0 aliphatic heterocycles. The lowest BCUT2D eigenvalue weighted by atomic mass is 10.1. The standard InChI is InChI=1S/C20H21N5O2/c1-3-14-5-9-16(10-6-14)22-18-13-21-25-20(24-18)23-17-11-7-15(8-12-17)19(26)27-4-2/h5-13H,3-4H2,1-2H3,(H2,22,23,24,25). The van der Waals surface area contributed by atoms with Crippen molar-refractivity contribution in [1.82, 2.24) is 15.2 Å². The minimum Gasteiger partial charge on any atom is -0.462 e. The van der Waals surface area contributed by atoms with E-state index in [1.165, 1.54) is 5.56 Å². The number of aromatic nitrogens is 3. The molecule has 2 aromatic carbocycles. The van der Waals surface area contributed by atoms with Crippen LogP contribution in [0.4, 0.5) is 23.1 Å². The summed E-state index contributed by atoms with van der Waals surface area (Å²) >= 11 is 0. The minimum atomic E-state index is -0.345. The van der Waals surface area contributed by atoms with E-state index in [2.05, 4.69) is 44.9 Å². The van der Waals surface area contributed by atoms with Gasteiger partial charge in [-0.15, -0.1) is 5.10 Å². The first-order valence-electron chi connectivity index (χ1n) is 8.78. The lowest BCUT2D eigenvalue weighted by molar-refractivity contribution is 0.0526. The molecule has 0 saturated carbocycles. The highest BCUT2D eigenvalue weighted by Gasteiger charge is 2.07. The number of anilines is 4. The molecule has 1 aromatic heterocycles. The van der Waals surface area contributed by atoms with E-state index in [9.17, 15) is 4.79 Å². The third kappa shape index (κ3) is 5.01. The van der Waals surface area contributed by atoms with Gasteiger partial charge in [0.25, 0.3) is 0 Å². The molecule has 7 nitrogen and oxygen atoms in total. The Morgan fingerprint density at radius 1 is 0.963 bits per heavy atom. The van der Waals surface area contributed by atoms with Crippen LogP contribution in [-0.4, -0.2) is 27.8 Å². The summed E-state index contributed by atoms with van der Waals surface area (Å²) in [6, 6.07) is 15.0. The lowest BCUT2D eigenvalue weighted by Gasteiger charge is -2.08. The molecule has 27 heavy (non-hydrogen) atoms. The van der Waals surface area contributed by atoms with E-state index in [-0.39, 0.29) is 5.97 Å². The van der Waals surface area contributed by atoms with Crippen molar-refractivity contribution in [2.45, 2.75) is 20.3 Å². The van der Waals surface area contributed by atoms with Crippen LogP contribution in [0.15, 0.2) is 54.7 Å². The zero-order chi connectivity index (χ0) is 19.1. The van der Waals surface area contributed by atoms with Gasteiger partial charge in [0.05, 0.1) is 18.4 Å². The molecule has 7 heteroatoms. The number of hydrogen-bond donors (Lipinski definition) is 2. The number of nitrogens with one attached hydrogen (secondary N) is 2. The highest BCUT2D eigenvalue weighted by Crippen LogP contribution is 2.18. The Kier molecular flexibility index (Phi) is 5.94. The van der Waals surface area contributed by atoms with E-state index in [1.807, 2.05) is 12.1 Å². The minimum absolute atomic E-state index is 0.345. The SMILES string of the molecule is CCOC(=O)c1ccc(Nc2nncc(Nc3ccc(CC)cc3)n2)cc1. The van der Waals surface area contributed by atoms with Crippen LogP contribution < -0.4 is 10.6 Å². The van der Waals surface area contributed by atoms with Gasteiger partial charge >= 0.3 is 5.97 Å². The number of rotatable bonds is 7. The summed E-state index contributed by atoms with van der Waals surface area (Å²) in [4.78, 5) is 16.1. The van der Waals surface area contributed by atoms with Gasteiger partial charge in [-0.25, -0.2) is 4.79 Å². The van der Waals surface area contributed by atoms with Crippen LogP contribution >= 0.6 is 0 Å². The number of benzene rings is 2. The molecular weight excluding hydrogens is 342 g/mol. The van der Waals surface area contributed by atoms with Crippen molar-refractivity contribution in [2.75, 3.05) is 17.2 Å². The molecule has 0 spiro atoms. The molecule has 0 radical (unpaired) electrons. The van der Waals surface area contributed by atoms with E-state index in [0.29, 0.717) is 23.9 Å². The lowest BCUT2D eigenvalue weighted by Crippen LogP contribution is -2.05. The predicted octanol–water partition coefficient (Wildman–Crippen LogP) is 4.10. The quantitative estimate of drug-likeness (QED) is 0.611. The highest BCUT2D eigenvalue weighted by molar-refractivity contribution is 5.89. The second kappa shape index (κ2) is 8.75. The average Bonchev–Trinajstić information content (AvgIpc) is 2.70. The number of esters is 1. The summed E-state index contributed by atoms with van der Waals surface area (Å²) in [6.07, 6.45) is 2.56. The topological polar surface area (TPSA) is 89.0 Å². The van der Waals surface area contributed by atoms with Crippen molar-refractivity contribution in [3.63, 3.8) is 0 Å². The van der Waals surface area contributed by atoms with Crippen LogP contribution in [0, 0.1) is 0 Å². The van der Waals surface area contributed by atoms with E-state index in [1.54, 1.807) is 37.4 Å². The molecule has 0 bridgehead atoms. The van der Waals surface area contributed by atoms with Crippen molar-refractivity contribution >= 4 is 29.1 Å². The zero-order valence-electron chi connectivity index (χ0n) is 15.3. The molecule has 2 N–H and O–H groups in total. The number of carbonyl (C=O) groups is 1. The van der Waals surface area contributed by atoms with Gasteiger partial charge in [-0.1, -0.05) is 19.1 Å². The fraction of sp³-hybridized carbons (Fsp3) is 0.200. The monoisotopic (exact) mass is 363 g/mol. The molecule has 0 fully saturated rings. The summed E-state index contributed by atoms with van der Waals surface area (Å²) < 4.78 is 4.97. The van der Waals surface area contributed by atoms with Crippen LogP contribution in [-0.2, 0) is 11.2 Å². The van der Waals surface area contributed by atoms with Crippen molar-refractivity contribution in [1.29, 1.82) is 0 Å². The fourth-order valence-electron chi connectivity index (χ4n) is 2.42. The van der Waals surface area contributed by atoms with E-state index in [4.69, 9.17) is 4.74 Å². The third-order valence-corrected chi connectivity index (χ3v) is 3.85. The summed E-state index contributed by atoms with van der Waals surface area (Å²) in [6.45, 7) is 4.24. The van der Waals surface area contributed by atoms with E-state index < -0.39 is 0 Å².